The minimum Gasteiger partial charge on any atom is -0.287 e. The fraction of sp³-hybridized carbons (Fsp3) is 0.875. The van der Waals surface area contributed by atoms with Gasteiger partial charge in [0.1, 0.15) is 0 Å². The standard InChI is InChI=1S/C8H13BrO/c9-8(10)6-5-7-3-1-2-4-7/h7H,1-6H2. The number of hydrogen-bond donors (Lipinski definition) is 0. The molecular weight excluding hydrogens is 192 g/mol. The number of rotatable bonds is 3. The summed E-state index contributed by atoms with van der Waals surface area (Å²) >= 11 is 2.94. The first kappa shape index (κ1) is 8.25. The van der Waals surface area contributed by atoms with Crippen LogP contribution in [0.1, 0.15) is 38.5 Å². The molecule has 0 amide bonds. The third-order valence-corrected chi connectivity index (χ3v) is 2.62. The fourth-order valence-corrected chi connectivity index (χ4v) is 1.85. The zero-order valence-corrected chi connectivity index (χ0v) is 7.69. The lowest BCUT2D eigenvalue weighted by Crippen LogP contribution is -1.95. The first-order valence-corrected chi connectivity index (χ1v) is 4.76. The van der Waals surface area contributed by atoms with Crippen molar-refractivity contribution in [1.29, 1.82) is 0 Å². The van der Waals surface area contributed by atoms with Crippen LogP contribution in [0, 0.1) is 5.92 Å². The average molecular weight is 205 g/mol. The average Bonchev–Trinajstić information content (AvgIpc) is 2.34. The smallest absolute Gasteiger partial charge is 0.197 e. The zero-order valence-electron chi connectivity index (χ0n) is 6.11. The van der Waals surface area contributed by atoms with Crippen LogP contribution in [0.3, 0.4) is 0 Å². The quantitative estimate of drug-likeness (QED) is 0.647. The SMILES string of the molecule is O=C(Br)CCC1CCCC1. The first-order chi connectivity index (χ1) is 4.79. The molecule has 2 heteroatoms. The van der Waals surface area contributed by atoms with E-state index in [1.54, 1.807) is 0 Å². The molecule has 0 radical (unpaired) electrons. The Morgan fingerprint density at radius 1 is 1.40 bits per heavy atom. The maximum atomic E-state index is 10.5. The van der Waals surface area contributed by atoms with Gasteiger partial charge in [0.25, 0.3) is 0 Å². The monoisotopic (exact) mass is 204 g/mol. The van der Waals surface area contributed by atoms with Gasteiger partial charge in [0.05, 0.1) is 0 Å². The predicted molar refractivity (Wildman–Crippen MR) is 45.1 cm³/mol. The third-order valence-electron chi connectivity index (χ3n) is 2.22. The molecule has 0 aliphatic heterocycles. The number of halogens is 1. The maximum absolute atomic E-state index is 10.5. The van der Waals surface area contributed by atoms with E-state index in [2.05, 4.69) is 15.9 Å². The molecule has 1 saturated carbocycles. The van der Waals surface area contributed by atoms with E-state index in [1.807, 2.05) is 0 Å². The molecule has 0 spiro atoms. The van der Waals surface area contributed by atoms with Crippen LogP contribution in [0.25, 0.3) is 0 Å². The highest BCUT2D eigenvalue weighted by Gasteiger charge is 2.14. The fourth-order valence-electron chi connectivity index (χ4n) is 1.62. The molecule has 10 heavy (non-hydrogen) atoms. The van der Waals surface area contributed by atoms with Gasteiger partial charge in [-0.2, -0.15) is 0 Å². The van der Waals surface area contributed by atoms with Crippen LogP contribution in [0.15, 0.2) is 0 Å². The van der Waals surface area contributed by atoms with Gasteiger partial charge in [-0.3, -0.25) is 4.79 Å². The lowest BCUT2D eigenvalue weighted by Gasteiger charge is -2.04. The van der Waals surface area contributed by atoms with Gasteiger partial charge < -0.3 is 0 Å². The minimum absolute atomic E-state index is 0.166. The summed E-state index contributed by atoms with van der Waals surface area (Å²) in [5.74, 6) is 0.849. The van der Waals surface area contributed by atoms with Gasteiger partial charge in [-0.1, -0.05) is 25.7 Å². The highest BCUT2D eigenvalue weighted by molar-refractivity contribution is 9.18. The van der Waals surface area contributed by atoms with Crippen molar-refractivity contribution in [2.45, 2.75) is 38.5 Å². The van der Waals surface area contributed by atoms with Gasteiger partial charge in [0, 0.05) is 6.42 Å². The Morgan fingerprint density at radius 3 is 2.50 bits per heavy atom. The summed E-state index contributed by atoms with van der Waals surface area (Å²) < 4.78 is 0.166. The van der Waals surface area contributed by atoms with E-state index in [1.165, 1.54) is 25.7 Å². The molecule has 1 nitrogen and oxygen atoms in total. The van der Waals surface area contributed by atoms with E-state index >= 15 is 0 Å². The van der Waals surface area contributed by atoms with Crippen LogP contribution in [-0.4, -0.2) is 4.69 Å². The Kier molecular flexibility index (Phi) is 3.40. The topological polar surface area (TPSA) is 17.1 Å². The van der Waals surface area contributed by atoms with Crippen molar-refractivity contribution in [2.75, 3.05) is 0 Å². The Hall–Kier alpha value is 0.150. The van der Waals surface area contributed by atoms with Crippen molar-refractivity contribution >= 4 is 20.6 Å². The van der Waals surface area contributed by atoms with Crippen molar-refractivity contribution in [3.8, 4) is 0 Å². The van der Waals surface area contributed by atoms with Crippen LogP contribution in [0.4, 0.5) is 0 Å². The summed E-state index contributed by atoms with van der Waals surface area (Å²) in [5.41, 5.74) is 0. The Morgan fingerprint density at radius 2 is 2.00 bits per heavy atom. The highest BCUT2D eigenvalue weighted by atomic mass is 79.9. The van der Waals surface area contributed by atoms with Gasteiger partial charge in [-0.25, -0.2) is 0 Å². The summed E-state index contributed by atoms with van der Waals surface area (Å²) in [5, 5.41) is 0. The van der Waals surface area contributed by atoms with Crippen LogP contribution in [0.5, 0.6) is 0 Å². The van der Waals surface area contributed by atoms with Gasteiger partial charge in [-0.15, -0.1) is 0 Å². The first-order valence-electron chi connectivity index (χ1n) is 3.97. The predicted octanol–water partition coefficient (Wildman–Crippen LogP) is 2.88. The van der Waals surface area contributed by atoms with E-state index in [0.29, 0.717) is 0 Å². The van der Waals surface area contributed by atoms with E-state index in [4.69, 9.17) is 0 Å². The van der Waals surface area contributed by atoms with Crippen LogP contribution < -0.4 is 0 Å². The Labute approximate surface area is 70.3 Å². The van der Waals surface area contributed by atoms with Gasteiger partial charge in [0.15, 0.2) is 4.69 Å². The molecule has 0 aromatic heterocycles. The lowest BCUT2D eigenvalue weighted by molar-refractivity contribution is -0.110. The molecule has 0 unspecified atom stereocenters. The Bertz CT molecular complexity index is 116. The molecule has 0 bridgehead atoms. The second-order valence-electron chi connectivity index (χ2n) is 3.04. The molecule has 1 aliphatic rings. The highest BCUT2D eigenvalue weighted by Crippen LogP contribution is 2.28. The molecule has 0 atom stereocenters. The van der Waals surface area contributed by atoms with E-state index in [-0.39, 0.29) is 4.69 Å². The van der Waals surface area contributed by atoms with Crippen molar-refractivity contribution in [3.63, 3.8) is 0 Å². The largest absolute Gasteiger partial charge is 0.287 e. The zero-order chi connectivity index (χ0) is 7.40. The molecule has 0 N–H and O–H groups in total. The molecule has 1 rings (SSSR count). The van der Waals surface area contributed by atoms with E-state index in [0.717, 1.165) is 18.8 Å². The van der Waals surface area contributed by atoms with Crippen molar-refractivity contribution in [3.05, 3.63) is 0 Å². The molecule has 0 saturated heterocycles. The van der Waals surface area contributed by atoms with Gasteiger partial charge in [0.2, 0.25) is 0 Å². The summed E-state index contributed by atoms with van der Waals surface area (Å²) in [4.78, 5) is 10.5. The van der Waals surface area contributed by atoms with Crippen LogP contribution in [0.2, 0.25) is 0 Å². The number of carbonyl (C=O) groups is 1. The van der Waals surface area contributed by atoms with E-state index in [9.17, 15) is 4.79 Å². The van der Waals surface area contributed by atoms with E-state index < -0.39 is 0 Å². The Balaban J connectivity index is 2.07. The minimum atomic E-state index is 0.166. The molecule has 58 valence electrons. The molecule has 0 aromatic rings. The lowest BCUT2D eigenvalue weighted by atomic mass is 10.0. The molecule has 0 heterocycles. The van der Waals surface area contributed by atoms with Gasteiger partial charge >= 0.3 is 0 Å². The molecule has 1 fully saturated rings. The van der Waals surface area contributed by atoms with Crippen molar-refractivity contribution in [1.82, 2.24) is 0 Å². The number of carbonyl (C=O) groups excluding carboxylic acids is 1. The molecule has 1 aliphatic carbocycles. The molecule has 0 aromatic carbocycles. The normalized spacial score (nSPS) is 19.7. The summed E-state index contributed by atoms with van der Waals surface area (Å²) in [7, 11) is 0. The molecular formula is C8H13BrO. The second-order valence-corrected chi connectivity index (χ2v) is 3.93. The number of hydrogen-bond acceptors (Lipinski definition) is 1. The third kappa shape index (κ3) is 2.82. The van der Waals surface area contributed by atoms with Crippen LogP contribution in [-0.2, 0) is 4.79 Å². The summed E-state index contributed by atoms with van der Waals surface area (Å²) in [6, 6.07) is 0. The van der Waals surface area contributed by atoms with Crippen molar-refractivity contribution in [2.24, 2.45) is 5.92 Å². The van der Waals surface area contributed by atoms with Crippen molar-refractivity contribution < 1.29 is 4.79 Å². The second kappa shape index (κ2) is 4.12. The summed E-state index contributed by atoms with van der Waals surface area (Å²) in [6.45, 7) is 0. The maximum Gasteiger partial charge on any atom is 0.197 e. The van der Waals surface area contributed by atoms with Gasteiger partial charge in [-0.05, 0) is 28.3 Å². The van der Waals surface area contributed by atoms with Crippen LogP contribution >= 0.6 is 15.9 Å². The summed E-state index contributed by atoms with van der Waals surface area (Å²) in [6.07, 6.45) is 7.28.